The van der Waals surface area contributed by atoms with Crippen LogP contribution >= 0.6 is 0 Å². The summed E-state index contributed by atoms with van der Waals surface area (Å²) in [6, 6.07) is 17.0. The summed E-state index contributed by atoms with van der Waals surface area (Å²) in [4.78, 5) is 45.1. The molecule has 0 bridgehead atoms. The zero-order chi connectivity index (χ0) is 25.5. The lowest BCUT2D eigenvalue weighted by Gasteiger charge is -2.25. The van der Waals surface area contributed by atoms with Gasteiger partial charge in [-0.25, -0.2) is 0 Å². The fraction of sp³-hybridized carbons (Fsp3) is 0.259. The molecule has 0 radical (unpaired) electrons. The van der Waals surface area contributed by atoms with Crippen LogP contribution < -0.4 is 16.0 Å². The second kappa shape index (κ2) is 11.4. The van der Waals surface area contributed by atoms with E-state index in [0.29, 0.717) is 42.0 Å². The summed E-state index contributed by atoms with van der Waals surface area (Å²) in [7, 11) is 0. The van der Waals surface area contributed by atoms with Gasteiger partial charge in [-0.1, -0.05) is 24.3 Å². The number of hydrogen-bond acceptors (Lipinski definition) is 6. The third-order valence-electron chi connectivity index (χ3n) is 6.21. The molecule has 3 aromatic rings. The number of amides is 2. The van der Waals surface area contributed by atoms with Crippen molar-refractivity contribution >= 4 is 29.2 Å². The predicted molar refractivity (Wildman–Crippen MR) is 137 cm³/mol. The van der Waals surface area contributed by atoms with Crippen LogP contribution in [0.15, 0.2) is 73.1 Å². The van der Waals surface area contributed by atoms with Crippen molar-refractivity contribution in [3.63, 3.8) is 0 Å². The van der Waals surface area contributed by atoms with Gasteiger partial charge in [0.15, 0.2) is 0 Å². The molecule has 4 N–H and O–H groups in total. The van der Waals surface area contributed by atoms with E-state index in [2.05, 4.69) is 15.2 Å². The van der Waals surface area contributed by atoms with Gasteiger partial charge in [-0.3, -0.25) is 19.4 Å². The van der Waals surface area contributed by atoms with Crippen molar-refractivity contribution in [2.45, 2.75) is 18.9 Å². The molecule has 1 saturated heterocycles. The van der Waals surface area contributed by atoms with Crippen LogP contribution in [-0.4, -0.2) is 59.0 Å². The Kier molecular flexibility index (Phi) is 7.79. The molecule has 1 atom stereocenters. The summed E-state index contributed by atoms with van der Waals surface area (Å²) >= 11 is 0. The lowest BCUT2D eigenvalue weighted by molar-refractivity contribution is -0.137. The molecule has 1 aliphatic heterocycles. The van der Waals surface area contributed by atoms with E-state index in [-0.39, 0.29) is 12.3 Å². The molecule has 186 valence electrons. The fourth-order valence-corrected chi connectivity index (χ4v) is 4.36. The van der Waals surface area contributed by atoms with Crippen LogP contribution in [0.25, 0.3) is 0 Å². The number of pyridine rings is 1. The van der Waals surface area contributed by atoms with E-state index in [9.17, 15) is 19.5 Å². The van der Waals surface area contributed by atoms with Gasteiger partial charge in [-0.15, -0.1) is 0 Å². The number of nitrogen functional groups attached to an aromatic ring is 1. The molecular weight excluding hydrogens is 458 g/mol. The molecule has 36 heavy (non-hydrogen) atoms. The third kappa shape index (κ3) is 5.99. The van der Waals surface area contributed by atoms with Crippen LogP contribution in [0, 0.1) is 0 Å². The number of nitrogens with two attached hydrogens (primary N) is 1. The zero-order valence-corrected chi connectivity index (χ0v) is 19.8. The summed E-state index contributed by atoms with van der Waals surface area (Å²) < 4.78 is 0. The number of nitrogens with one attached hydrogen (secondary N) is 1. The quantitative estimate of drug-likeness (QED) is 0.437. The Balaban J connectivity index is 1.43. The topological polar surface area (TPSA) is 129 Å². The van der Waals surface area contributed by atoms with Gasteiger partial charge in [0.25, 0.3) is 11.8 Å². The van der Waals surface area contributed by atoms with E-state index in [1.807, 2.05) is 35.2 Å². The first-order chi connectivity index (χ1) is 17.4. The van der Waals surface area contributed by atoms with Crippen molar-refractivity contribution < 1.29 is 19.5 Å². The molecule has 0 spiro atoms. The normalized spacial score (nSPS) is 14.6. The summed E-state index contributed by atoms with van der Waals surface area (Å²) in [5.74, 6) is -1.43. The van der Waals surface area contributed by atoms with Gasteiger partial charge in [-0.2, -0.15) is 0 Å². The largest absolute Gasteiger partial charge is 0.481 e. The maximum atomic E-state index is 12.9. The Bertz CT molecular complexity index is 1220. The van der Waals surface area contributed by atoms with E-state index < -0.39 is 17.9 Å². The molecule has 4 rings (SSSR count). The van der Waals surface area contributed by atoms with Gasteiger partial charge in [-0.05, 0) is 48.4 Å². The Labute approximate surface area is 209 Å². The lowest BCUT2D eigenvalue weighted by Crippen LogP contribution is -2.35. The zero-order valence-electron chi connectivity index (χ0n) is 19.8. The standard InChI is InChI=1S/C27H29N5O4/c28-22-16-20(26(35)30-23(17-25(33)34)21-8-4-11-29-18-21)9-10-24(22)31-12-5-13-32(15-14-31)27(36)19-6-2-1-3-7-19/h1-4,6-11,16,18,23H,5,12-15,17,28H2,(H,30,35)(H,33,34). The average molecular weight is 488 g/mol. The third-order valence-corrected chi connectivity index (χ3v) is 6.21. The number of nitrogens with zero attached hydrogens (tertiary/aromatic N) is 3. The molecule has 1 aromatic heterocycles. The number of aliphatic carboxylic acids is 1. The van der Waals surface area contributed by atoms with E-state index in [0.717, 1.165) is 18.7 Å². The molecule has 0 aliphatic carbocycles. The van der Waals surface area contributed by atoms with E-state index in [1.165, 1.54) is 6.20 Å². The summed E-state index contributed by atoms with van der Waals surface area (Å²) in [5.41, 5.74) is 9.21. The van der Waals surface area contributed by atoms with Crippen molar-refractivity contribution in [3.8, 4) is 0 Å². The van der Waals surface area contributed by atoms with E-state index in [1.54, 1.807) is 36.5 Å². The smallest absolute Gasteiger partial charge is 0.305 e. The van der Waals surface area contributed by atoms with Gasteiger partial charge >= 0.3 is 5.97 Å². The molecule has 0 saturated carbocycles. The Morgan fingerprint density at radius 1 is 0.972 bits per heavy atom. The van der Waals surface area contributed by atoms with Crippen molar-refractivity contribution in [1.29, 1.82) is 0 Å². The highest BCUT2D eigenvalue weighted by atomic mass is 16.4. The number of carbonyl (C=O) groups is 3. The average Bonchev–Trinajstić information content (AvgIpc) is 3.15. The van der Waals surface area contributed by atoms with E-state index >= 15 is 0 Å². The van der Waals surface area contributed by atoms with Crippen LogP contribution in [0.1, 0.15) is 45.2 Å². The highest BCUT2D eigenvalue weighted by molar-refractivity contribution is 5.97. The highest BCUT2D eigenvalue weighted by Gasteiger charge is 2.23. The SMILES string of the molecule is Nc1cc(C(=O)NC(CC(=O)O)c2cccnc2)ccc1N1CCCN(C(=O)c2ccccc2)CC1. The van der Waals surface area contributed by atoms with Crippen LogP contribution in [0.4, 0.5) is 11.4 Å². The first kappa shape index (κ1) is 24.7. The van der Waals surface area contributed by atoms with Crippen molar-refractivity contribution in [3.05, 3.63) is 89.7 Å². The predicted octanol–water partition coefficient (Wildman–Crippen LogP) is 2.96. The molecule has 2 amide bonds. The second-order valence-electron chi connectivity index (χ2n) is 8.68. The van der Waals surface area contributed by atoms with Crippen molar-refractivity contribution in [2.75, 3.05) is 36.8 Å². The van der Waals surface area contributed by atoms with Crippen LogP contribution in [0.5, 0.6) is 0 Å². The first-order valence-electron chi connectivity index (χ1n) is 11.8. The number of hydrogen-bond donors (Lipinski definition) is 3. The lowest BCUT2D eigenvalue weighted by atomic mass is 10.0. The summed E-state index contributed by atoms with van der Waals surface area (Å²) in [6.07, 6.45) is 3.65. The molecule has 1 fully saturated rings. The molecular formula is C27H29N5O4. The number of benzene rings is 2. The molecule has 9 heteroatoms. The number of carboxylic acids is 1. The van der Waals surface area contributed by atoms with Crippen LogP contribution in [0.3, 0.4) is 0 Å². The highest BCUT2D eigenvalue weighted by Crippen LogP contribution is 2.26. The molecule has 2 aromatic carbocycles. The fourth-order valence-electron chi connectivity index (χ4n) is 4.36. The maximum Gasteiger partial charge on any atom is 0.305 e. The summed E-state index contributed by atoms with van der Waals surface area (Å²) in [6.45, 7) is 2.58. The van der Waals surface area contributed by atoms with E-state index in [4.69, 9.17) is 5.73 Å². The Morgan fingerprint density at radius 3 is 2.47 bits per heavy atom. The van der Waals surface area contributed by atoms with Gasteiger partial charge in [0.2, 0.25) is 0 Å². The number of rotatable bonds is 7. The number of carboxylic acid groups (broad SMARTS) is 1. The monoisotopic (exact) mass is 487 g/mol. The number of anilines is 2. The number of carbonyl (C=O) groups excluding carboxylic acids is 2. The second-order valence-corrected chi connectivity index (χ2v) is 8.68. The molecule has 9 nitrogen and oxygen atoms in total. The van der Waals surface area contributed by atoms with Gasteiger partial charge < -0.3 is 26.0 Å². The molecule has 2 heterocycles. The number of aromatic nitrogens is 1. The first-order valence-corrected chi connectivity index (χ1v) is 11.8. The Hall–Kier alpha value is -4.40. The Morgan fingerprint density at radius 2 is 1.78 bits per heavy atom. The maximum absolute atomic E-state index is 12.9. The van der Waals surface area contributed by atoms with Gasteiger partial charge in [0, 0.05) is 49.7 Å². The van der Waals surface area contributed by atoms with Crippen LogP contribution in [-0.2, 0) is 4.79 Å². The molecule has 1 unspecified atom stereocenters. The minimum atomic E-state index is -1.03. The van der Waals surface area contributed by atoms with Crippen LogP contribution in [0.2, 0.25) is 0 Å². The van der Waals surface area contributed by atoms with Gasteiger partial charge in [0.05, 0.1) is 23.8 Å². The molecule has 1 aliphatic rings. The van der Waals surface area contributed by atoms with Gasteiger partial charge in [0.1, 0.15) is 0 Å². The van der Waals surface area contributed by atoms with Crippen molar-refractivity contribution in [2.24, 2.45) is 0 Å². The van der Waals surface area contributed by atoms with Crippen molar-refractivity contribution in [1.82, 2.24) is 15.2 Å². The summed E-state index contributed by atoms with van der Waals surface area (Å²) in [5, 5.41) is 12.1. The minimum absolute atomic E-state index is 0.0157. The minimum Gasteiger partial charge on any atom is -0.481 e.